The number of hydrogen-bond acceptors (Lipinski definition) is 3. The molecule has 0 radical (unpaired) electrons. The number of nitrogens with zero attached hydrogens (tertiary/aromatic N) is 2. The first kappa shape index (κ1) is 13.7. The summed E-state index contributed by atoms with van der Waals surface area (Å²) in [6.45, 7) is 5.50. The average Bonchev–Trinajstić information content (AvgIpc) is 3.23. The van der Waals surface area contributed by atoms with Crippen molar-refractivity contribution in [3.8, 4) is 0 Å². The molecule has 0 unspecified atom stereocenters. The number of para-hydroxylation sites is 1. The van der Waals surface area contributed by atoms with Gasteiger partial charge in [-0.15, -0.1) is 0 Å². The Morgan fingerprint density at radius 2 is 2.11 bits per heavy atom. The van der Waals surface area contributed by atoms with Crippen LogP contribution in [0.2, 0.25) is 0 Å². The van der Waals surface area contributed by atoms with Crippen LogP contribution in [0.15, 0.2) is 29.4 Å². The lowest BCUT2D eigenvalue weighted by molar-refractivity contribution is 0.318. The fourth-order valence-electron chi connectivity index (χ4n) is 2.28. The van der Waals surface area contributed by atoms with Gasteiger partial charge in [-0.3, -0.25) is 0 Å². The molecule has 1 aromatic carbocycles. The highest BCUT2D eigenvalue weighted by Gasteiger charge is 2.30. The molecule has 0 spiro atoms. The first-order chi connectivity index (χ1) is 9.13. The Morgan fingerprint density at radius 1 is 1.42 bits per heavy atom. The van der Waals surface area contributed by atoms with Crippen molar-refractivity contribution in [1.29, 1.82) is 0 Å². The normalized spacial score (nSPS) is 15.8. The second-order valence-electron chi connectivity index (χ2n) is 5.61. The lowest BCUT2D eigenvalue weighted by Gasteiger charge is -2.27. The van der Waals surface area contributed by atoms with Crippen LogP contribution in [-0.2, 0) is 0 Å². The molecule has 0 aromatic heterocycles. The van der Waals surface area contributed by atoms with Gasteiger partial charge in [0, 0.05) is 23.8 Å². The van der Waals surface area contributed by atoms with E-state index in [1.165, 1.54) is 12.8 Å². The summed E-state index contributed by atoms with van der Waals surface area (Å²) in [4.78, 5) is 2.41. The van der Waals surface area contributed by atoms with E-state index in [9.17, 15) is 0 Å². The highest BCUT2D eigenvalue weighted by atomic mass is 16.4. The molecule has 1 aromatic rings. The molecule has 0 heterocycles. The van der Waals surface area contributed by atoms with E-state index >= 15 is 0 Å². The van der Waals surface area contributed by atoms with Gasteiger partial charge >= 0.3 is 0 Å². The number of oxime groups is 1. The molecular formula is C15H23N3O. The standard InChI is InChI=1S/C15H23N3O/c1-11(2)9-10-18(12-7-8-12)14-6-4-3-5-13(14)15(16)17-19/h3-6,11-12,19H,7-10H2,1-2H3,(H2,16,17). The van der Waals surface area contributed by atoms with Gasteiger partial charge < -0.3 is 15.8 Å². The van der Waals surface area contributed by atoms with Crippen molar-refractivity contribution in [1.82, 2.24) is 0 Å². The molecule has 0 amide bonds. The van der Waals surface area contributed by atoms with Crippen LogP contribution in [0, 0.1) is 5.92 Å². The molecule has 19 heavy (non-hydrogen) atoms. The van der Waals surface area contributed by atoms with Crippen molar-refractivity contribution in [2.45, 2.75) is 39.2 Å². The maximum absolute atomic E-state index is 8.91. The van der Waals surface area contributed by atoms with E-state index in [0.717, 1.165) is 24.2 Å². The van der Waals surface area contributed by atoms with Gasteiger partial charge in [-0.1, -0.05) is 31.1 Å². The summed E-state index contributed by atoms with van der Waals surface area (Å²) in [5.74, 6) is 0.864. The fourth-order valence-corrected chi connectivity index (χ4v) is 2.28. The quantitative estimate of drug-likeness (QED) is 0.358. The van der Waals surface area contributed by atoms with Crippen LogP contribution in [-0.4, -0.2) is 23.6 Å². The van der Waals surface area contributed by atoms with E-state index in [2.05, 4.69) is 30.0 Å². The molecule has 0 saturated heterocycles. The molecule has 4 heteroatoms. The van der Waals surface area contributed by atoms with Crippen molar-refractivity contribution in [3.63, 3.8) is 0 Å². The maximum atomic E-state index is 8.91. The molecule has 1 aliphatic carbocycles. The van der Waals surface area contributed by atoms with Gasteiger partial charge in [-0.2, -0.15) is 0 Å². The molecule has 0 bridgehead atoms. The number of anilines is 1. The zero-order valence-electron chi connectivity index (χ0n) is 11.7. The topological polar surface area (TPSA) is 61.8 Å². The number of amidine groups is 1. The van der Waals surface area contributed by atoms with Crippen LogP contribution in [0.5, 0.6) is 0 Å². The Hall–Kier alpha value is -1.71. The third-order valence-electron chi connectivity index (χ3n) is 3.53. The average molecular weight is 261 g/mol. The van der Waals surface area contributed by atoms with Gasteiger partial charge in [0.1, 0.15) is 0 Å². The Kier molecular flexibility index (Phi) is 4.30. The van der Waals surface area contributed by atoms with Gasteiger partial charge in [0.05, 0.1) is 0 Å². The molecule has 2 rings (SSSR count). The molecule has 1 aliphatic rings. The first-order valence-electron chi connectivity index (χ1n) is 6.97. The Balaban J connectivity index is 2.26. The molecule has 1 fully saturated rings. The number of hydrogen-bond donors (Lipinski definition) is 2. The molecule has 1 saturated carbocycles. The van der Waals surface area contributed by atoms with Crippen molar-refractivity contribution in [2.24, 2.45) is 16.8 Å². The number of benzene rings is 1. The summed E-state index contributed by atoms with van der Waals surface area (Å²) in [6, 6.07) is 8.52. The molecule has 0 atom stereocenters. The summed E-state index contributed by atoms with van der Waals surface area (Å²) >= 11 is 0. The van der Waals surface area contributed by atoms with Crippen LogP contribution in [0.3, 0.4) is 0 Å². The monoisotopic (exact) mass is 261 g/mol. The smallest absolute Gasteiger partial charge is 0.172 e. The minimum Gasteiger partial charge on any atom is -0.409 e. The first-order valence-corrected chi connectivity index (χ1v) is 6.97. The molecule has 0 aliphatic heterocycles. The summed E-state index contributed by atoms with van der Waals surface area (Å²) in [7, 11) is 0. The number of nitrogens with two attached hydrogens (primary N) is 1. The van der Waals surface area contributed by atoms with Crippen LogP contribution in [0.25, 0.3) is 0 Å². The second-order valence-corrected chi connectivity index (χ2v) is 5.61. The van der Waals surface area contributed by atoms with Crippen molar-refractivity contribution < 1.29 is 5.21 Å². The Bertz CT molecular complexity index is 452. The maximum Gasteiger partial charge on any atom is 0.172 e. The summed E-state index contributed by atoms with van der Waals surface area (Å²) < 4.78 is 0. The number of rotatable bonds is 6. The third-order valence-corrected chi connectivity index (χ3v) is 3.53. The van der Waals surface area contributed by atoms with Crippen LogP contribution >= 0.6 is 0 Å². The molecule has 104 valence electrons. The zero-order valence-corrected chi connectivity index (χ0v) is 11.7. The van der Waals surface area contributed by atoms with E-state index in [0.29, 0.717) is 12.0 Å². The minimum absolute atomic E-state index is 0.186. The van der Waals surface area contributed by atoms with Gasteiger partial charge in [-0.25, -0.2) is 0 Å². The fraction of sp³-hybridized carbons (Fsp3) is 0.533. The largest absolute Gasteiger partial charge is 0.409 e. The second kappa shape index (κ2) is 5.95. The lowest BCUT2D eigenvalue weighted by Crippen LogP contribution is -2.30. The molecule has 3 N–H and O–H groups in total. The summed E-state index contributed by atoms with van der Waals surface area (Å²) in [6.07, 6.45) is 3.63. The zero-order chi connectivity index (χ0) is 13.8. The predicted octanol–water partition coefficient (Wildman–Crippen LogP) is 2.80. The summed E-state index contributed by atoms with van der Waals surface area (Å²) in [5, 5.41) is 12.1. The summed E-state index contributed by atoms with van der Waals surface area (Å²) in [5.41, 5.74) is 7.69. The van der Waals surface area contributed by atoms with E-state index < -0.39 is 0 Å². The van der Waals surface area contributed by atoms with E-state index in [4.69, 9.17) is 10.9 Å². The van der Waals surface area contributed by atoms with Gasteiger partial charge in [0.25, 0.3) is 0 Å². The third kappa shape index (κ3) is 3.40. The predicted molar refractivity (Wildman–Crippen MR) is 78.8 cm³/mol. The van der Waals surface area contributed by atoms with E-state index in [-0.39, 0.29) is 5.84 Å². The van der Waals surface area contributed by atoms with Gasteiger partial charge in [0.15, 0.2) is 5.84 Å². The van der Waals surface area contributed by atoms with E-state index in [1.54, 1.807) is 0 Å². The van der Waals surface area contributed by atoms with Gasteiger partial charge in [-0.05, 0) is 37.3 Å². The van der Waals surface area contributed by atoms with Gasteiger partial charge in [0.2, 0.25) is 0 Å². The Morgan fingerprint density at radius 3 is 2.68 bits per heavy atom. The van der Waals surface area contributed by atoms with Crippen LogP contribution in [0.1, 0.15) is 38.7 Å². The molecular weight excluding hydrogens is 238 g/mol. The van der Waals surface area contributed by atoms with Crippen molar-refractivity contribution >= 4 is 11.5 Å². The van der Waals surface area contributed by atoms with Crippen LogP contribution in [0.4, 0.5) is 5.69 Å². The van der Waals surface area contributed by atoms with Crippen LogP contribution < -0.4 is 10.6 Å². The minimum atomic E-state index is 0.186. The SMILES string of the molecule is CC(C)CCN(c1ccccc1/C(N)=N/O)C1CC1. The lowest BCUT2D eigenvalue weighted by atomic mass is 10.1. The van der Waals surface area contributed by atoms with Crippen molar-refractivity contribution in [2.75, 3.05) is 11.4 Å². The Labute approximate surface area is 114 Å². The molecule has 4 nitrogen and oxygen atoms in total. The van der Waals surface area contributed by atoms with Crippen molar-refractivity contribution in [3.05, 3.63) is 29.8 Å². The van der Waals surface area contributed by atoms with E-state index in [1.807, 2.05) is 18.2 Å². The highest BCUT2D eigenvalue weighted by Crippen LogP contribution is 2.34. The highest BCUT2D eigenvalue weighted by molar-refractivity contribution is 6.02.